The first-order valence-electron chi connectivity index (χ1n) is 8.97. The number of carbonyl (C=O) groups excluding carboxylic acids is 2. The first kappa shape index (κ1) is 16.7. The molecular formula is C17H23N7O2. The zero-order chi connectivity index (χ0) is 18.3. The number of aromatic nitrogens is 5. The highest BCUT2D eigenvalue weighted by molar-refractivity contribution is 5.92. The van der Waals surface area contributed by atoms with Gasteiger partial charge in [0.05, 0.1) is 18.4 Å². The molecule has 26 heavy (non-hydrogen) atoms. The summed E-state index contributed by atoms with van der Waals surface area (Å²) in [5, 5.41) is 14.8. The zero-order valence-corrected chi connectivity index (χ0v) is 15.0. The van der Waals surface area contributed by atoms with Crippen LogP contribution in [0, 0.1) is 5.92 Å². The molecule has 1 aliphatic carbocycles. The average Bonchev–Trinajstić information content (AvgIpc) is 3.22. The summed E-state index contributed by atoms with van der Waals surface area (Å²) in [7, 11) is 3.57. The maximum atomic E-state index is 12.6. The first-order valence-corrected chi connectivity index (χ1v) is 8.97. The van der Waals surface area contributed by atoms with E-state index in [9.17, 15) is 9.59 Å². The number of rotatable bonds is 5. The molecule has 9 nitrogen and oxygen atoms in total. The van der Waals surface area contributed by atoms with Gasteiger partial charge in [-0.25, -0.2) is 4.68 Å². The van der Waals surface area contributed by atoms with Crippen molar-refractivity contribution in [1.82, 2.24) is 35.0 Å². The predicted octanol–water partition coefficient (Wildman–Crippen LogP) is 0.421. The van der Waals surface area contributed by atoms with E-state index < -0.39 is 0 Å². The average molecular weight is 357 g/mol. The smallest absolute Gasteiger partial charge is 0.271 e. The van der Waals surface area contributed by atoms with Crippen molar-refractivity contribution in [2.75, 3.05) is 6.54 Å². The van der Waals surface area contributed by atoms with Gasteiger partial charge in [0.15, 0.2) is 0 Å². The van der Waals surface area contributed by atoms with Crippen molar-refractivity contribution in [3.8, 4) is 0 Å². The van der Waals surface area contributed by atoms with Gasteiger partial charge in [0.1, 0.15) is 5.69 Å². The van der Waals surface area contributed by atoms with Gasteiger partial charge in [-0.3, -0.25) is 14.3 Å². The Hall–Kier alpha value is -2.71. The highest BCUT2D eigenvalue weighted by Crippen LogP contribution is 2.43. The Morgan fingerprint density at radius 1 is 1.27 bits per heavy atom. The molecule has 0 bridgehead atoms. The first-order chi connectivity index (χ1) is 12.5. The molecule has 2 amide bonds. The molecule has 0 spiro atoms. The number of likely N-dealkylation sites (tertiary alicyclic amines) is 1. The second-order valence-electron chi connectivity index (χ2n) is 7.18. The van der Waals surface area contributed by atoms with Crippen LogP contribution in [-0.2, 0) is 18.9 Å². The third-order valence-electron chi connectivity index (χ3n) is 5.24. The van der Waals surface area contributed by atoms with Crippen LogP contribution in [0.2, 0.25) is 0 Å². The van der Waals surface area contributed by atoms with Crippen LogP contribution in [0.3, 0.4) is 0 Å². The fourth-order valence-corrected chi connectivity index (χ4v) is 3.81. The topological polar surface area (TPSA) is 97.9 Å². The van der Waals surface area contributed by atoms with E-state index in [-0.39, 0.29) is 23.8 Å². The van der Waals surface area contributed by atoms with Crippen LogP contribution in [0.4, 0.5) is 0 Å². The Labute approximate surface area is 151 Å². The fraction of sp³-hybridized carbons (Fsp3) is 0.588. The summed E-state index contributed by atoms with van der Waals surface area (Å²) in [4.78, 5) is 27.0. The number of nitrogens with zero attached hydrogens (tertiary/aromatic N) is 6. The van der Waals surface area contributed by atoms with Crippen LogP contribution in [0.1, 0.15) is 47.8 Å². The molecule has 0 radical (unpaired) electrons. The molecule has 4 rings (SSSR count). The normalized spacial score (nSPS) is 23.3. The summed E-state index contributed by atoms with van der Waals surface area (Å²) in [6.45, 7) is 0.500. The number of aryl methyl sites for hydroxylation is 2. The molecular weight excluding hydrogens is 334 g/mol. The molecule has 3 heterocycles. The van der Waals surface area contributed by atoms with Crippen LogP contribution >= 0.6 is 0 Å². The summed E-state index contributed by atoms with van der Waals surface area (Å²) in [5.41, 5.74) is 1.46. The van der Waals surface area contributed by atoms with Crippen LogP contribution < -0.4 is 5.32 Å². The number of nitrogens with one attached hydrogen (secondary N) is 1. The SMILES string of the molecule is Cn1cc([C@@H]2[C@@H](CNC(=O)c3cnnn3C)CCC(=O)N2C2CC2)cn1. The van der Waals surface area contributed by atoms with Crippen LogP contribution in [0.25, 0.3) is 0 Å². The monoisotopic (exact) mass is 357 g/mol. The van der Waals surface area contributed by atoms with Crippen molar-refractivity contribution in [3.63, 3.8) is 0 Å². The summed E-state index contributed by atoms with van der Waals surface area (Å²) < 4.78 is 3.21. The van der Waals surface area contributed by atoms with Gasteiger partial charge in [-0.1, -0.05) is 5.21 Å². The fourth-order valence-electron chi connectivity index (χ4n) is 3.81. The molecule has 138 valence electrons. The van der Waals surface area contributed by atoms with E-state index in [0.717, 1.165) is 24.8 Å². The third kappa shape index (κ3) is 3.09. The second-order valence-corrected chi connectivity index (χ2v) is 7.18. The number of hydrogen-bond acceptors (Lipinski definition) is 5. The summed E-state index contributed by atoms with van der Waals surface area (Å²) in [6, 6.07) is 0.287. The van der Waals surface area contributed by atoms with Crippen molar-refractivity contribution in [2.24, 2.45) is 20.0 Å². The van der Waals surface area contributed by atoms with Crippen molar-refractivity contribution in [3.05, 3.63) is 29.8 Å². The highest BCUT2D eigenvalue weighted by atomic mass is 16.2. The summed E-state index contributed by atoms with van der Waals surface area (Å²) in [5.74, 6) is 0.166. The molecule has 1 saturated heterocycles. The van der Waals surface area contributed by atoms with Gasteiger partial charge in [-0.05, 0) is 19.3 Å². The van der Waals surface area contributed by atoms with E-state index in [4.69, 9.17) is 0 Å². The number of hydrogen-bond donors (Lipinski definition) is 1. The Morgan fingerprint density at radius 3 is 2.69 bits per heavy atom. The van der Waals surface area contributed by atoms with E-state index in [0.29, 0.717) is 24.7 Å². The molecule has 2 aromatic rings. The lowest BCUT2D eigenvalue weighted by Gasteiger charge is -2.41. The third-order valence-corrected chi connectivity index (χ3v) is 5.24. The van der Waals surface area contributed by atoms with Crippen LogP contribution in [-0.4, -0.2) is 54.1 Å². The van der Waals surface area contributed by atoms with Crippen LogP contribution in [0.15, 0.2) is 18.6 Å². The minimum Gasteiger partial charge on any atom is -0.350 e. The van der Waals surface area contributed by atoms with E-state index >= 15 is 0 Å². The van der Waals surface area contributed by atoms with E-state index in [2.05, 4.69) is 20.7 Å². The summed E-state index contributed by atoms with van der Waals surface area (Å²) >= 11 is 0. The molecule has 2 fully saturated rings. The molecule has 0 unspecified atom stereocenters. The number of amides is 2. The van der Waals surface area contributed by atoms with Gasteiger partial charge in [0.25, 0.3) is 5.91 Å². The zero-order valence-electron chi connectivity index (χ0n) is 15.0. The maximum absolute atomic E-state index is 12.6. The van der Waals surface area contributed by atoms with Crippen molar-refractivity contribution in [1.29, 1.82) is 0 Å². The lowest BCUT2D eigenvalue weighted by atomic mass is 9.85. The van der Waals surface area contributed by atoms with Gasteiger partial charge in [0.2, 0.25) is 5.91 Å². The largest absolute Gasteiger partial charge is 0.350 e. The Kier molecular flexibility index (Phi) is 4.21. The number of carbonyl (C=O) groups is 2. The minimum absolute atomic E-state index is 0.0394. The van der Waals surface area contributed by atoms with Crippen LogP contribution in [0.5, 0.6) is 0 Å². The predicted molar refractivity (Wildman–Crippen MR) is 91.9 cm³/mol. The second kappa shape index (κ2) is 6.54. The minimum atomic E-state index is -0.197. The van der Waals surface area contributed by atoms with Crippen molar-refractivity contribution < 1.29 is 9.59 Å². The molecule has 2 atom stereocenters. The molecule has 1 aliphatic heterocycles. The van der Waals surface area contributed by atoms with Gasteiger partial charge in [0, 0.05) is 50.8 Å². The van der Waals surface area contributed by atoms with E-state index in [1.165, 1.54) is 10.9 Å². The van der Waals surface area contributed by atoms with E-state index in [1.807, 2.05) is 24.3 Å². The van der Waals surface area contributed by atoms with Gasteiger partial charge >= 0.3 is 0 Å². The lowest BCUT2D eigenvalue weighted by Crippen LogP contribution is -2.47. The van der Waals surface area contributed by atoms with Gasteiger partial charge < -0.3 is 10.2 Å². The molecule has 1 saturated carbocycles. The van der Waals surface area contributed by atoms with Gasteiger partial charge in [-0.2, -0.15) is 5.10 Å². The Balaban J connectivity index is 1.54. The Bertz CT molecular complexity index is 823. The molecule has 9 heteroatoms. The Morgan fingerprint density at radius 2 is 2.08 bits per heavy atom. The quantitative estimate of drug-likeness (QED) is 0.836. The highest BCUT2D eigenvalue weighted by Gasteiger charge is 2.44. The molecule has 2 aliphatic rings. The standard InChI is InChI=1S/C17H23N7O2/c1-22-10-12(8-20-22)16-11(3-6-15(25)24(16)13-4-5-13)7-18-17(26)14-9-19-21-23(14)2/h8-11,13,16H,3-7H2,1-2H3,(H,18,26)/t11-,16+/m1/s1. The summed E-state index contributed by atoms with van der Waals surface area (Å²) in [6.07, 6.45) is 8.66. The number of piperidine rings is 1. The molecule has 1 N–H and O–H groups in total. The molecule has 2 aromatic heterocycles. The lowest BCUT2D eigenvalue weighted by molar-refractivity contribution is -0.139. The van der Waals surface area contributed by atoms with Crippen molar-refractivity contribution >= 4 is 11.8 Å². The molecule has 0 aromatic carbocycles. The van der Waals surface area contributed by atoms with Crippen molar-refractivity contribution in [2.45, 2.75) is 37.8 Å². The maximum Gasteiger partial charge on any atom is 0.271 e. The van der Waals surface area contributed by atoms with Gasteiger partial charge in [-0.15, -0.1) is 5.10 Å². The van der Waals surface area contributed by atoms with E-state index in [1.54, 1.807) is 11.7 Å².